The van der Waals surface area contributed by atoms with Gasteiger partial charge >= 0.3 is 6.03 Å². The van der Waals surface area contributed by atoms with E-state index in [4.69, 9.17) is 5.73 Å². The molecule has 1 saturated carbocycles. The van der Waals surface area contributed by atoms with Crippen molar-refractivity contribution >= 4 is 30.3 Å². The number of carbonyl (C=O) groups is 3. The molecular weight excluding hydrogens is 334 g/mol. The van der Waals surface area contributed by atoms with E-state index in [1.54, 1.807) is 0 Å². The summed E-state index contributed by atoms with van der Waals surface area (Å²) in [5.74, 6) is -4.49. The molecule has 1 heterocycles. The second kappa shape index (κ2) is 6.96. The van der Waals surface area contributed by atoms with Crippen LogP contribution in [0.25, 0.3) is 0 Å². The molecule has 4 amide bonds. The highest BCUT2D eigenvalue weighted by Crippen LogP contribution is 2.35. The third-order valence-corrected chi connectivity index (χ3v) is 4.24. The van der Waals surface area contributed by atoms with Crippen molar-refractivity contribution in [3.63, 3.8) is 0 Å². The molecule has 1 atom stereocenters. The lowest BCUT2D eigenvalue weighted by molar-refractivity contribution is -0.138. The number of carbonyl (C=O) groups excluding carboxylic acids is 3. The predicted octanol–water partition coefficient (Wildman–Crippen LogP) is 0.371. The van der Waals surface area contributed by atoms with Gasteiger partial charge in [-0.05, 0) is 19.8 Å². The second-order valence-electron chi connectivity index (χ2n) is 5.85. The Morgan fingerprint density at radius 1 is 1.43 bits per heavy atom. The lowest BCUT2D eigenvalue weighted by Crippen LogP contribution is -2.52. The monoisotopic (exact) mass is 354 g/mol. The van der Waals surface area contributed by atoms with Crippen LogP contribution in [0.15, 0.2) is 0 Å². The molecule has 0 aromatic carbocycles. The normalized spacial score (nSPS) is 21.1. The number of nitrogens with one attached hydrogen (secondary N) is 2. The number of amides is 4. The maximum Gasteiger partial charge on any atom is 0.325 e. The van der Waals surface area contributed by atoms with Crippen LogP contribution in [0.4, 0.5) is 13.6 Å². The van der Waals surface area contributed by atoms with E-state index in [2.05, 4.69) is 5.32 Å². The van der Waals surface area contributed by atoms with Crippen molar-refractivity contribution in [2.75, 3.05) is 13.1 Å². The highest BCUT2D eigenvalue weighted by atomic mass is 35.5. The summed E-state index contributed by atoms with van der Waals surface area (Å²) >= 11 is 0. The zero-order valence-corrected chi connectivity index (χ0v) is 13.5. The number of imide groups is 1. The number of nitrogens with zero attached hydrogens (tertiary/aromatic N) is 1. The van der Waals surface area contributed by atoms with Gasteiger partial charge in [0, 0.05) is 0 Å². The fraction of sp³-hybridized carbons (Fsp3) is 0.769. The molecule has 4 N–H and O–H groups in total. The molecule has 0 bridgehead atoms. The second-order valence-corrected chi connectivity index (χ2v) is 5.85. The number of urea groups is 1. The summed E-state index contributed by atoms with van der Waals surface area (Å²) < 4.78 is 26.1. The maximum absolute atomic E-state index is 13.0. The van der Waals surface area contributed by atoms with Crippen LogP contribution in [-0.2, 0) is 9.59 Å². The summed E-state index contributed by atoms with van der Waals surface area (Å²) in [7, 11) is 0. The Morgan fingerprint density at radius 2 is 2.00 bits per heavy atom. The Balaban J connectivity index is 0.00000264. The Labute approximate surface area is 138 Å². The summed E-state index contributed by atoms with van der Waals surface area (Å²) in [6, 6.07) is -1.80. The molecule has 0 radical (unpaired) electrons. The van der Waals surface area contributed by atoms with Gasteiger partial charge in [0.1, 0.15) is 11.6 Å². The number of rotatable bonds is 5. The van der Waals surface area contributed by atoms with Gasteiger partial charge in [-0.25, -0.2) is 18.5 Å². The van der Waals surface area contributed by atoms with Gasteiger partial charge in [-0.2, -0.15) is 0 Å². The van der Waals surface area contributed by atoms with Crippen molar-refractivity contribution < 1.29 is 23.2 Å². The molecule has 2 aliphatic rings. The molecule has 1 unspecified atom stereocenters. The van der Waals surface area contributed by atoms with E-state index in [9.17, 15) is 23.2 Å². The van der Waals surface area contributed by atoms with Crippen LogP contribution < -0.4 is 16.4 Å². The highest BCUT2D eigenvalue weighted by Gasteiger charge is 2.54. The molecule has 10 heteroatoms. The number of hydrogen-bond donors (Lipinski definition) is 3. The van der Waals surface area contributed by atoms with Crippen LogP contribution in [-0.4, -0.2) is 53.3 Å². The zero-order valence-electron chi connectivity index (χ0n) is 12.7. The van der Waals surface area contributed by atoms with Crippen LogP contribution >= 0.6 is 12.4 Å². The topological polar surface area (TPSA) is 105 Å². The Hall–Kier alpha value is -1.48. The molecule has 0 aromatic heterocycles. The minimum absolute atomic E-state index is 0. The first-order chi connectivity index (χ1) is 10.2. The average Bonchev–Trinajstić information content (AvgIpc) is 3.02. The molecular formula is C13H21ClF2N4O3. The van der Waals surface area contributed by atoms with Gasteiger partial charge in [-0.3, -0.25) is 9.59 Å². The molecule has 1 spiro atoms. The SMILES string of the molecule is CC(C(=O)NCC(F)(F)CN)N1C(=O)NC2(CCCC2)C1=O.Cl. The molecule has 1 aliphatic heterocycles. The van der Waals surface area contributed by atoms with Gasteiger partial charge in [0.05, 0.1) is 13.1 Å². The van der Waals surface area contributed by atoms with E-state index in [0.29, 0.717) is 12.8 Å². The quantitative estimate of drug-likeness (QED) is 0.620. The van der Waals surface area contributed by atoms with E-state index in [1.165, 1.54) is 6.92 Å². The third kappa shape index (κ3) is 3.72. The molecule has 7 nitrogen and oxygen atoms in total. The number of nitrogens with two attached hydrogens (primary N) is 1. The van der Waals surface area contributed by atoms with Gasteiger partial charge in [0.2, 0.25) is 5.91 Å². The molecule has 132 valence electrons. The first-order valence-corrected chi connectivity index (χ1v) is 7.24. The first kappa shape index (κ1) is 19.6. The van der Waals surface area contributed by atoms with Crippen molar-refractivity contribution in [1.29, 1.82) is 0 Å². The van der Waals surface area contributed by atoms with Crippen molar-refractivity contribution in [3.05, 3.63) is 0 Å². The number of alkyl halides is 2. The van der Waals surface area contributed by atoms with Crippen LogP contribution in [0.1, 0.15) is 32.6 Å². The largest absolute Gasteiger partial charge is 0.348 e. The van der Waals surface area contributed by atoms with Crippen LogP contribution in [0.2, 0.25) is 0 Å². The summed E-state index contributed by atoms with van der Waals surface area (Å²) in [5.41, 5.74) is 3.96. The average molecular weight is 355 g/mol. The maximum atomic E-state index is 13.0. The van der Waals surface area contributed by atoms with Crippen LogP contribution in [0.5, 0.6) is 0 Å². The van der Waals surface area contributed by atoms with E-state index in [1.807, 2.05) is 5.32 Å². The molecule has 2 fully saturated rings. The Bertz CT molecular complexity index is 498. The highest BCUT2D eigenvalue weighted by molar-refractivity contribution is 6.09. The van der Waals surface area contributed by atoms with Crippen molar-refractivity contribution in [1.82, 2.24) is 15.5 Å². The van der Waals surface area contributed by atoms with E-state index >= 15 is 0 Å². The molecule has 1 saturated heterocycles. The lowest BCUT2D eigenvalue weighted by atomic mass is 9.97. The first-order valence-electron chi connectivity index (χ1n) is 7.24. The summed E-state index contributed by atoms with van der Waals surface area (Å²) in [6.45, 7) is -0.489. The Morgan fingerprint density at radius 3 is 2.52 bits per heavy atom. The standard InChI is InChI=1S/C13H20F2N4O3.ClH/c1-8(9(20)17-7-13(14,15)6-16)19-10(21)12(18-11(19)22)4-2-3-5-12;/h8H,2-7,16H2,1H3,(H,17,20)(H,18,22);1H. The summed E-state index contributed by atoms with van der Waals surface area (Å²) in [6.07, 6.45) is 2.72. The van der Waals surface area contributed by atoms with Crippen LogP contribution in [0.3, 0.4) is 0 Å². The van der Waals surface area contributed by atoms with Gasteiger partial charge in [0.25, 0.3) is 11.8 Å². The fourth-order valence-electron chi connectivity index (χ4n) is 2.86. The summed E-state index contributed by atoms with van der Waals surface area (Å²) in [5, 5.41) is 4.67. The van der Waals surface area contributed by atoms with Crippen molar-refractivity contribution in [3.8, 4) is 0 Å². The predicted molar refractivity (Wildman–Crippen MR) is 80.3 cm³/mol. The van der Waals surface area contributed by atoms with Gasteiger partial charge in [0.15, 0.2) is 0 Å². The van der Waals surface area contributed by atoms with E-state index in [0.717, 1.165) is 17.7 Å². The third-order valence-electron chi connectivity index (χ3n) is 4.24. The van der Waals surface area contributed by atoms with Gasteiger partial charge in [-0.1, -0.05) is 12.8 Å². The fourth-order valence-corrected chi connectivity index (χ4v) is 2.86. The molecule has 1 aliphatic carbocycles. The van der Waals surface area contributed by atoms with Crippen LogP contribution in [0, 0.1) is 0 Å². The minimum Gasteiger partial charge on any atom is -0.348 e. The van der Waals surface area contributed by atoms with E-state index in [-0.39, 0.29) is 12.4 Å². The zero-order chi connectivity index (χ0) is 16.5. The summed E-state index contributed by atoms with van der Waals surface area (Å²) in [4.78, 5) is 37.2. The molecule has 23 heavy (non-hydrogen) atoms. The molecule has 2 rings (SSSR count). The Kier molecular flexibility index (Phi) is 5.92. The van der Waals surface area contributed by atoms with Gasteiger partial charge in [-0.15, -0.1) is 12.4 Å². The van der Waals surface area contributed by atoms with Crippen molar-refractivity contribution in [2.45, 2.75) is 50.1 Å². The number of hydrogen-bond acceptors (Lipinski definition) is 4. The van der Waals surface area contributed by atoms with Gasteiger partial charge < -0.3 is 16.4 Å². The lowest BCUT2D eigenvalue weighted by Gasteiger charge is -2.24. The minimum atomic E-state index is -3.22. The van der Waals surface area contributed by atoms with Crippen molar-refractivity contribution in [2.24, 2.45) is 5.73 Å². The molecule has 0 aromatic rings. The number of halogens is 3. The van der Waals surface area contributed by atoms with E-state index < -0.39 is 48.4 Å². The smallest absolute Gasteiger partial charge is 0.325 e.